The quantitative estimate of drug-likeness (QED) is 0.854. The number of fused-ring (bicyclic) bond motifs is 1. The zero-order valence-corrected chi connectivity index (χ0v) is 10.4. The van der Waals surface area contributed by atoms with Crippen molar-refractivity contribution in [3.8, 4) is 5.75 Å². The van der Waals surface area contributed by atoms with Crippen molar-refractivity contribution in [2.75, 3.05) is 13.1 Å². The Morgan fingerprint density at radius 2 is 2.19 bits per heavy atom. The minimum atomic E-state index is 0.398. The molecule has 2 aliphatic rings. The molecule has 3 rings (SSSR count). The number of hydrogen-bond donors (Lipinski definition) is 1. The Bertz CT molecular complexity index is 355. The maximum absolute atomic E-state index is 6.14. The Morgan fingerprint density at radius 3 is 3.06 bits per heavy atom. The van der Waals surface area contributed by atoms with E-state index in [-0.39, 0.29) is 0 Å². The van der Waals surface area contributed by atoms with Gasteiger partial charge in [0.05, 0.1) is 0 Å². The smallest absolute Gasteiger partial charge is 0.133 e. The summed E-state index contributed by atoms with van der Waals surface area (Å²) >= 11 is 1.90. The van der Waals surface area contributed by atoms with E-state index in [0.717, 1.165) is 13.1 Å². The molecule has 1 aromatic rings. The van der Waals surface area contributed by atoms with Crippen LogP contribution in [-0.2, 0) is 12.8 Å². The van der Waals surface area contributed by atoms with Gasteiger partial charge < -0.3 is 10.1 Å². The molecule has 1 aliphatic carbocycles. The zero-order chi connectivity index (χ0) is 10.8. The van der Waals surface area contributed by atoms with Gasteiger partial charge in [-0.15, -0.1) is 11.3 Å². The molecular formula is C13H19NOS. The summed E-state index contributed by atoms with van der Waals surface area (Å²) in [7, 11) is 0. The molecule has 0 amide bonds. The molecule has 88 valence electrons. The summed E-state index contributed by atoms with van der Waals surface area (Å²) in [4.78, 5) is 1.57. The fraction of sp³-hybridized carbons (Fsp3) is 0.692. The summed E-state index contributed by atoms with van der Waals surface area (Å²) < 4.78 is 6.14. The van der Waals surface area contributed by atoms with Gasteiger partial charge in [0, 0.05) is 22.4 Å². The van der Waals surface area contributed by atoms with Crippen molar-refractivity contribution in [1.82, 2.24) is 5.32 Å². The summed E-state index contributed by atoms with van der Waals surface area (Å²) in [6.45, 7) is 2.17. The summed E-state index contributed by atoms with van der Waals surface area (Å²) in [6.07, 6.45) is 8.05. The van der Waals surface area contributed by atoms with E-state index in [1.807, 2.05) is 11.3 Å². The number of aryl methyl sites for hydroxylation is 1. The van der Waals surface area contributed by atoms with Crippen LogP contribution in [0.1, 0.15) is 36.1 Å². The normalized spacial score (nSPS) is 25.1. The molecule has 0 radical (unpaired) electrons. The monoisotopic (exact) mass is 237 g/mol. The molecule has 1 aromatic heterocycles. The zero-order valence-electron chi connectivity index (χ0n) is 9.63. The van der Waals surface area contributed by atoms with Gasteiger partial charge in [-0.05, 0) is 45.1 Å². The molecule has 1 atom stereocenters. The van der Waals surface area contributed by atoms with E-state index >= 15 is 0 Å². The fourth-order valence-corrected chi connectivity index (χ4v) is 3.72. The van der Waals surface area contributed by atoms with Crippen molar-refractivity contribution in [3.05, 3.63) is 15.8 Å². The second-order valence-corrected chi connectivity index (χ2v) is 5.76. The Balaban J connectivity index is 1.71. The maximum atomic E-state index is 6.14. The Labute approximate surface area is 101 Å². The van der Waals surface area contributed by atoms with Gasteiger partial charge >= 0.3 is 0 Å². The Morgan fingerprint density at radius 1 is 1.25 bits per heavy atom. The van der Waals surface area contributed by atoms with Gasteiger partial charge in [0.15, 0.2) is 0 Å². The molecule has 0 spiro atoms. The minimum absolute atomic E-state index is 0.398. The Hall–Kier alpha value is -0.540. The van der Waals surface area contributed by atoms with Gasteiger partial charge in [-0.2, -0.15) is 0 Å². The number of piperidine rings is 1. The van der Waals surface area contributed by atoms with E-state index < -0.39 is 0 Å². The molecule has 0 aromatic carbocycles. The largest absolute Gasteiger partial charge is 0.488 e. The molecule has 2 heterocycles. The highest BCUT2D eigenvalue weighted by atomic mass is 32.1. The van der Waals surface area contributed by atoms with Crippen LogP contribution in [0, 0.1) is 0 Å². The summed E-state index contributed by atoms with van der Waals surface area (Å²) in [5.41, 5.74) is 1.52. The average Bonchev–Trinajstić information content (AvgIpc) is 2.74. The van der Waals surface area contributed by atoms with Crippen LogP contribution in [0.15, 0.2) is 5.38 Å². The van der Waals surface area contributed by atoms with Crippen molar-refractivity contribution in [2.45, 2.75) is 44.6 Å². The van der Waals surface area contributed by atoms with Crippen LogP contribution in [0.5, 0.6) is 5.75 Å². The van der Waals surface area contributed by atoms with Crippen LogP contribution in [-0.4, -0.2) is 19.2 Å². The van der Waals surface area contributed by atoms with E-state index in [1.165, 1.54) is 49.8 Å². The van der Waals surface area contributed by atoms with Crippen molar-refractivity contribution in [2.24, 2.45) is 0 Å². The lowest BCUT2D eigenvalue weighted by atomic mass is 9.99. The van der Waals surface area contributed by atoms with Crippen LogP contribution in [0.2, 0.25) is 0 Å². The highest BCUT2D eigenvalue weighted by molar-refractivity contribution is 7.10. The van der Waals surface area contributed by atoms with Crippen LogP contribution < -0.4 is 10.1 Å². The van der Waals surface area contributed by atoms with Crippen molar-refractivity contribution >= 4 is 11.3 Å². The molecule has 1 N–H and O–H groups in total. The molecule has 3 heteroatoms. The summed E-state index contributed by atoms with van der Waals surface area (Å²) in [5.74, 6) is 1.19. The van der Waals surface area contributed by atoms with Gasteiger partial charge in [0.2, 0.25) is 0 Å². The number of hydrogen-bond acceptors (Lipinski definition) is 3. The number of nitrogens with one attached hydrogen (secondary N) is 1. The van der Waals surface area contributed by atoms with E-state index in [2.05, 4.69) is 10.7 Å². The fourth-order valence-electron chi connectivity index (χ4n) is 2.66. The third-order valence-corrected chi connectivity index (χ3v) is 4.64. The molecule has 1 saturated heterocycles. The topological polar surface area (TPSA) is 21.3 Å². The standard InChI is InChI=1S/C13H19NOS/c1-2-6-13-11(5-1)12(9-16-13)15-10-4-3-7-14-8-10/h9-10,14H,1-8H2. The molecule has 0 saturated carbocycles. The molecule has 1 unspecified atom stereocenters. The van der Waals surface area contributed by atoms with Crippen molar-refractivity contribution in [1.29, 1.82) is 0 Å². The first-order valence-corrected chi connectivity index (χ1v) is 7.28. The molecule has 1 fully saturated rings. The average molecular weight is 237 g/mol. The summed E-state index contributed by atoms with van der Waals surface area (Å²) in [6, 6.07) is 0. The van der Waals surface area contributed by atoms with Crippen LogP contribution in [0.3, 0.4) is 0 Å². The molecular weight excluding hydrogens is 218 g/mol. The lowest BCUT2D eigenvalue weighted by Gasteiger charge is -2.24. The van der Waals surface area contributed by atoms with Crippen LogP contribution in [0.25, 0.3) is 0 Å². The second-order valence-electron chi connectivity index (χ2n) is 4.80. The number of ether oxygens (including phenoxy) is 1. The lowest BCUT2D eigenvalue weighted by molar-refractivity contribution is 0.166. The van der Waals surface area contributed by atoms with Gasteiger partial charge in [-0.1, -0.05) is 0 Å². The predicted octanol–water partition coefficient (Wildman–Crippen LogP) is 2.76. The van der Waals surface area contributed by atoms with E-state index in [4.69, 9.17) is 4.74 Å². The third-order valence-electron chi connectivity index (χ3n) is 3.57. The molecule has 2 nitrogen and oxygen atoms in total. The first kappa shape index (κ1) is 10.6. The molecule has 1 aliphatic heterocycles. The van der Waals surface area contributed by atoms with Gasteiger partial charge in [-0.3, -0.25) is 0 Å². The highest BCUT2D eigenvalue weighted by Crippen LogP contribution is 2.36. The third kappa shape index (κ3) is 2.11. The van der Waals surface area contributed by atoms with Crippen molar-refractivity contribution < 1.29 is 4.74 Å². The van der Waals surface area contributed by atoms with Crippen molar-refractivity contribution in [3.63, 3.8) is 0 Å². The summed E-state index contributed by atoms with van der Waals surface area (Å²) in [5, 5.41) is 5.63. The maximum Gasteiger partial charge on any atom is 0.133 e. The first-order chi connectivity index (χ1) is 7.93. The SMILES string of the molecule is c1sc2c(c1OC1CCCNC1)CCCC2. The second kappa shape index (κ2) is 4.76. The number of rotatable bonds is 2. The minimum Gasteiger partial charge on any atom is -0.488 e. The van der Waals surface area contributed by atoms with E-state index in [9.17, 15) is 0 Å². The van der Waals surface area contributed by atoms with E-state index in [1.54, 1.807) is 4.88 Å². The van der Waals surface area contributed by atoms with Gasteiger partial charge in [0.25, 0.3) is 0 Å². The highest BCUT2D eigenvalue weighted by Gasteiger charge is 2.20. The predicted molar refractivity (Wildman–Crippen MR) is 67.5 cm³/mol. The Kier molecular flexibility index (Phi) is 3.15. The molecule has 16 heavy (non-hydrogen) atoms. The molecule has 0 bridgehead atoms. The van der Waals surface area contributed by atoms with Gasteiger partial charge in [-0.25, -0.2) is 0 Å². The lowest BCUT2D eigenvalue weighted by Crippen LogP contribution is -2.37. The van der Waals surface area contributed by atoms with Gasteiger partial charge in [0.1, 0.15) is 11.9 Å². The number of thiophene rings is 1. The van der Waals surface area contributed by atoms with Crippen LogP contribution >= 0.6 is 11.3 Å². The first-order valence-electron chi connectivity index (χ1n) is 6.40. The van der Waals surface area contributed by atoms with E-state index in [0.29, 0.717) is 6.10 Å². The van der Waals surface area contributed by atoms with Crippen LogP contribution in [0.4, 0.5) is 0 Å².